The van der Waals surface area contributed by atoms with E-state index in [1.807, 2.05) is 196 Å². The van der Waals surface area contributed by atoms with Crippen LogP contribution in [0.3, 0.4) is 0 Å². The van der Waals surface area contributed by atoms with Crippen molar-refractivity contribution in [2.24, 2.45) is 11.0 Å². The summed E-state index contributed by atoms with van der Waals surface area (Å²) in [6.45, 7) is 18.2. The van der Waals surface area contributed by atoms with Crippen LogP contribution in [0.25, 0.3) is 21.6 Å². The van der Waals surface area contributed by atoms with Crippen LogP contribution in [0, 0.1) is 5.92 Å². The topological polar surface area (TPSA) is 331 Å². The molecule has 5 heterocycles. The predicted octanol–water partition coefficient (Wildman–Crippen LogP) is 18.1. The summed E-state index contributed by atoms with van der Waals surface area (Å²) in [5.41, 5.74) is 19.2. The molecule has 0 saturated carbocycles. The summed E-state index contributed by atoms with van der Waals surface area (Å²) in [7, 11) is -8.17. The largest absolute Gasteiger partial charge is 0.508 e. The number of esters is 2. The monoisotopic (exact) mass is 1810 g/mol. The number of benzene rings is 8. The maximum absolute atomic E-state index is 16.3. The van der Waals surface area contributed by atoms with Crippen molar-refractivity contribution in [3.05, 3.63) is 298 Å². The maximum Gasteiger partial charge on any atom is 0.508 e. The van der Waals surface area contributed by atoms with Crippen molar-refractivity contribution in [2.45, 2.75) is 241 Å². The molecular weight excluding hydrogens is 1690 g/mol. The number of carbonyl (C=O) groups is 4. The van der Waals surface area contributed by atoms with Gasteiger partial charge in [0.2, 0.25) is 0 Å². The van der Waals surface area contributed by atoms with Gasteiger partial charge in [0.15, 0.2) is 32.8 Å². The number of carbonyl (C=O) groups excluding carboxylic acids is 4. The maximum atomic E-state index is 16.3. The molecule has 6 aliphatic rings. The number of ether oxygens (including phenoxy) is 16. The fourth-order valence-corrected chi connectivity index (χ4v) is 20.5. The van der Waals surface area contributed by atoms with Gasteiger partial charge in [-0.05, 0) is 111 Å². The molecule has 8 aromatic rings. The number of azide groups is 1. The van der Waals surface area contributed by atoms with Crippen molar-refractivity contribution >= 4 is 40.3 Å². The number of fused-ring (bicyclic) bond motifs is 5. The number of alkyl carbamates (subject to hydrolysis) is 1. The molecule has 1 aliphatic carbocycles. The van der Waals surface area contributed by atoms with Crippen LogP contribution < -0.4 is 5.32 Å². The van der Waals surface area contributed by atoms with Crippen molar-refractivity contribution < 1.29 is 118 Å². The number of nitrogens with zero attached hydrogens (tertiary/aromatic N) is 3. The molecule has 5 unspecified atom stereocenters. The van der Waals surface area contributed by atoms with Gasteiger partial charge >= 0.3 is 32.0 Å². The van der Waals surface area contributed by atoms with Crippen LogP contribution in [-0.2, 0) is 154 Å². The van der Waals surface area contributed by atoms with Crippen molar-refractivity contribution in [2.75, 3.05) is 33.0 Å². The highest BCUT2D eigenvalue weighted by molar-refractivity contribution is 7.48. The fraction of sp³-hybridized carbons (Fsp3) is 0.449. The van der Waals surface area contributed by atoms with E-state index in [-0.39, 0.29) is 78.4 Å². The number of nitrogens with one attached hydrogen (secondary N) is 1. The number of hydrogen-bond acceptors (Lipinski definition) is 26. The molecule has 686 valence electrons. The molecule has 8 aromatic carbocycles. The van der Waals surface area contributed by atoms with Gasteiger partial charge in [-0.25, -0.2) is 18.9 Å². The zero-order valence-electron chi connectivity index (χ0n) is 74.1. The van der Waals surface area contributed by atoms with Crippen molar-refractivity contribution in [1.82, 2.24) is 5.32 Å². The van der Waals surface area contributed by atoms with Gasteiger partial charge in [-0.2, -0.15) is 0 Å². The average molecular weight is 1810 g/mol. The van der Waals surface area contributed by atoms with Crippen molar-refractivity contribution in [3.8, 4) is 11.1 Å². The summed E-state index contributed by atoms with van der Waals surface area (Å²) in [5.74, 6) is -6.36. The first-order valence-electron chi connectivity index (χ1n) is 43.8. The lowest BCUT2D eigenvalue weighted by Gasteiger charge is -2.50. The number of hydrogen-bond donors (Lipinski definition) is 1. The molecule has 5 aliphatic heterocycles. The minimum Gasteiger partial charge on any atom is -0.457 e. The van der Waals surface area contributed by atoms with Gasteiger partial charge in [-0.15, -0.1) is 0 Å². The Hall–Kier alpha value is -9.86. The van der Waals surface area contributed by atoms with Crippen molar-refractivity contribution in [1.29, 1.82) is 0 Å². The van der Waals surface area contributed by atoms with Crippen LogP contribution in [-0.4, -0.2) is 169 Å². The number of phosphoric ester groups is 1. The standard InChI is InChI=1S/C98H115N4O25PSi/c1-11-50-109-95(106)122-90-84(101-102-99)92(127-129(9,10)96(5,6)64(3)4)120-80(85(90)112-56-68-40-24-16-25-41-68)62-113-91-83(100-94(105)115-60-77-75-48-32-30-46-73(75)74-47-31-33-49-76(74)77)89(121-82(103)51-72(12-2)110-54-66-36-20-14-21-37-66)88(126-128(107)117-58-70-44-28-29-45-71(70)59-118-128)81(119-91)63-116-98(93(104)114-57-69-42-26-17-27-43-69)52-78-86(124-97(7,8)123-78)87(125-98)79(111-55-67-38-22-15-23-39-67)61-108-53-65-34-18-13-19-35-65/h11,13-49,64,72,77-81,83-92H,1,12,50-63H2,2-10H3,(H,100,105)/t72-,78+,79-,80?,81?,83?,84?,85+,86+,87?,88-,89+,90+,91+,92-,98+/m0/s1. The fourth-order valence-electron chi connectivity index (χ4n) is 16.7. The normalized spacial score (nSPS) is 25.0. The van der Waals surface area contributed by atoms with Crippen LogP contribution >= 0.6 is 7.82 Å². The van der Waals surface area contributed by atoms with Gasteiger partial charge in [0.05, 0.1) is 78.1 Å². The van der Waals surface area contributed by atoms with Gasteiger partial charge in [-0.1, -0.05) is 277 Å². The summed E-state index contributed by atoms with van der Waals surface area (Å²) in [5, 5.41) is 6.73. The highest BCUT2D eigenvalue weighted by Gasteiger charge is 2.64. The molecular formula is C98H115N4O25PSi. The second-order valence-electron chi connectivity index (χ2n) is 34.5. The van der Waals surface area contributed by atoms with Gasteiger partial charge in [-0.3, -0.25) is 18.4 Å². The van der Waals surface area contributed by atoms with E-state index in [1.165, 1.54) is 6.08 Å². The van der Waals surface area contributed by atoms with E-state index in [0.717, 1.165) is 38.9 Å². The highest BCUT2D eigenvalue weighted by Crippen LogP contribution is 2.56. The summed E-state index contributed by atoms with van der Waals surface area (Å²) in [6, 6.07) is 65.8. The molecule has 129 heavy (non-hydrogen) atoms. The number of phosphoric acid groups is 1. The molecule has 0 aromatic heterocycles. The van der Waals surface area contributed by atoms with E-state index >= 15 is 18.9 Å². The predicted molar refractivity (Wildman–Crippen MR) is 475 cm³/mol. The average Bonchev–Trinajstić information content (AvgIpc) is 1.20. The molecule has 4 saturated heterocycles. The summed E-state index contributed by atoms with van der Waals surface area (Å²) in [6.07, 6.45) is -20.6. The molecule has 1 N–H and O–H groups in total. The van der Waals surface area contributed by atoms with E-state index in [2.05, 4.69) is 49.6 Å². The highest BCUT2D eigenvalue weighted by atomic mass is 31.2. The first-order chi connectivity index (χ1) is 62.3. The third-order valence-electron chi connectivity index (χ3n) is 24.7. The Kier molecular flexibility index (Phi) is 32.4. The summed E-state index contributed by atoms with van der Waals surface area (Å²) in [4.78, 5) is 65.4. The molecule has 29 nitrogen and oxygen atoms in total. The van der Waals surface area contributed by atoms with Crippen LogP contribution in [0.4, 0.5) is 9.59 Å². The Labute approximate surface area is 753 Å². The zero-order chi connectivity index (χ0) is 90.7. The van der Waals surface area contributed by atoms with Crippen LogP contribution in [0.1, 0.15) is 124 Å². The lowest BCUT2D eigenvalue weighted by atomic mass is 9.92. The lowest BCUT2D eigenvalue weighted by molar-refractivity contribution is -0.337. The smallest absolute Gasteiger partial charge is 0.457 e. The minimum absolute atomic E-state index is 0.0276. The molecule has 1 amide bonds. The van der Waals surface area contributed by atoms with Gasteiger partial charge in [0.25, 0.3) is 5.79 Å². The van der Waals surface area contributed by atoms with E-state index in [1.54, 1.807) is 62.4 Å². The molecule has 4 fully saturated rings. The summed E-state index contributed by atoms with van der Waals surface area (Å²) < 4.78 is 152. The Morgan fingerprint density at radius 2 is 1.16 bits per heavy atom. The first kappa shape index (κ1) is 95.2. The Balaban J connectivity index is 0.920. The third kappa shape index (κ3) is 24.1. The zero-order valence-corrected chi connectivity index (χ0v) is 76.0. The van der Waals surface area contributed by atoms with E-state index in [0.29, 0.717) is 22.3 Å². The van der Waals surface area contributed by atoms with Gasteiger partial charge in [0.1, 0.15) is 80.7 Å². The third-order valence-corrected chi connectivity index (χ3v) is 30.6. The molecule has 0 spiro atoms. The Morgan fingerprint density at radius 3 is 1.74 bits per heavy atom. The van der Waals surface area contributed by atoms with Gasteiger partial charge < -0.3 is 85.5 Å². The quantitative estimate of drug-likeness (QED) is 0.00545. The number of amides is 1. The Morgan fingerprint density at radius 1 is 0.620 bits per heavy atom. The Bertz CT molecular complexity index is 5040. The SMILES string of the molecule is C=CCOC(=O)O[C@@H]1C(N=[N+]=[N-])[C@H](O[Si](C)(C)C(C)(C)C(C)C)OC(CO[C@@H]2OC(CO[C@]3(C(=O)OCc4ccccc4)C[C@H]4OC(C)(C)O[C@H]4C([C@H](COCc4ccccc4)OCc4ccccc4)O3)[C@H](OP3(=O)OCc4ccccc4CO3)[C@H](OC(=O)C[C@H](CC)OCc3ccccc3)C2NC(=O)OCC2c3ccccc3-c3ccccc32)[C@H]1OCc1ccccc1. The summed E-state index contributed by atoms with van der Waals surface area (Å²) >= 11 is 0. The van der Waals surface area contributed by atoms with Crippen molar-refractivity contribution in [3.63, 3.8) is 0 Å². The second-order valence-corrected chi connectivity index (χ2v) is 40.7. The van der Waals surface area contributed by atoms with Gasteiger partial charge in [0, 0.05) is 17.3 Å². The molecule has 0 radical (unpaired) electrons. The lowest BCUT2D eigenvalue weighted by Crippen LogP contribution is -2.68. The van der Waals surface area contributed by atoms with Crippen LogP contribution in [0.2, 0.25) is 18.1 Å². The molecule has 31 heteroatoms. The van der Waals surface area contributed by atoms with E-state index < -0.39 is 181 Å². The van der Waals surface area contributed by atoms with Crippen LogP contribution in [0.15, 0.2) is 242 Å². The molecule has 16 atom stereocenters. The second kappa shape index (κ2) is 43.9. The van der Waals surface area contributed by atoms with E-state index in [9.17, 15) is 10.3 Å². The molecule has 14 rings (SSSR count). The van der Waals surface area contributed by atoms with Crippen LogP contribution in [0.5, 0.6) is 0 Å². The molecule has 0 bridgehead atoms. The minimum atomic E-state index is -5.05. The number of rotatable bonds is 40. The first-order valence-corrected chi connectivity index (χ1v) is 48.2. The van der Waals surface area contributed by atoms with E-state index in [4.69, 9.17) is 93.8 Å².